The molecule has 0 N–H and O–H groups in total. The molecule has 2 aromatic heterocycles. The van der Waals surface area contributed by atoms with Gasteiger partial charge in [-0.2, -0.15) is 0 Å². The molecule has 0 amide bonds. The van der Waals surface area contributed by atoms with Crippen molar-refractivity contribution in [2.75, 3.05) is 0 Å². The van der Waals surface area contributed by atoms with Crippen LogP contribution in [0.2, 0.25) is 0 Å². The number of aryl methyl sites for hydroxylation is 2. The number of nitro groups is 1. The van der Waals surface area contributed by atoms with Crippen LogP contribution in [0.15, 0.2) is 36.5 Å². The van der Waals surface area contributed by atoms with Gasteiger partial charge in [0.1, 0.15) is 17.0 Å². The van der Waals surface area contributed by atoms with E-state index in [-0.39, 0.29) is 5.69 Å². The van der Waals surface area contributed by atoms with Crippen molar-refractivity contribution in [1.29, 1.82) is 0 Å². The van der Waals surface area contributed by atoms with Gasteiger partial charge in [0, 0.05) is 11.6 Å². The van der Waals surface area contributed by atoms with E-state index in [4.69, 9.17) is 0 Å². The first-order chi connectivity index (χ1) is 10.5. The second-order valence-corrected chi connectivity index (χ2v) is 5.14. The maximum Gasteiger partial charge on any atom is 0.286 e. The largest absolute Gasteiger partial charge is 0.296 e. The van der Waals surface area contributed by atoms with E-state index in [0.29, 0.717) is 23.3 Å². The summed E-state index contributed by atoms with van der Waals surface area (Å²) < 4.78 is 1.45. The second-order valence-electron chi connectivity index (χ2n) is 5.14. The van der Waals surface area contributed by atoms with Gasteiger partial charge in [-0.25, -0.2) is 4.98 Å². The van der Waals surface area contributed by atoms with Gasteiger partial charge in [0.05, 0.1) is 11.1 Å². The summed E-state index contributed by atoms with van der Waals surface area (Å²) in [5.41, 5.74) is 4.31. The highest BCUT2D eigenvalue weighted by atomic mass is 16.6. The molecule has 0 radical (unpaired) electrons. The maximum atomic E-state index is 11.5. The molecule has 110 valence electrons. The van der Waals surface area contributed by atoms with E-state index >= 15 is 0 Å². The Bertz CT molecular complexity index is 912. The smallest absolute Gasteiger partial charge is 0.286 e. The maximum absolute atomic E-state index is 11.5. The van der Waals surface area contributed by atoms with Crippen LogP contribution in [0, 0.1) is 24.0 Å². The summed E-state index contributed by atoms with van der Waals surface area (Å²) >= 11 is 0. The first-order valence-electron chi connectivity index (χ1n) is 6.70. The molecule has 0 spiro atoms. The highest BCUT2D eigenvalue weighted by Crippen LogP contribution is 2.26. The Kier molecular flexibility index (Phi) is 3.21. The molecule has 3 aromatic rings. The van der Waals surface area contributed by atoms with E-state index in [2.05, 4.69) is 4.98 Å². The molecule has 1 aromatic carbocycles. The summed E-state index contributed by atoms with van der Waals surface area (Å²) in [6.45, 7) is 3.99. The van der Waals surface area contributed by atoms with Crippen molar-refractivity contribution in [3.05, 3.63) is 63.5 Å². The van der Waals surface area contributed by atoms with Crippen LogP contribution in [0.3, 0.4) is 0 Å². The molecule has 0 saturated heterocycles. The first kappa shape index (κ1) is 13.9. The number of hydrogen-bond acceptors (Lipinski definition) is 4. The number of benzene rings is 1. The quantitative estimate of drug-likeness (QED) is 0.422. The number of carbonyl (C=O) groups excluding carboxylic acids is 1. The van der Waals surface area contributed by atoms with Crippen molar-refractivity contribution in [3.8, 4) is 11.3 Å². The molecule has 6 heteroatoms. The van der Waals surface area contributed by atoms with Crippen LogP contribution in [0.1, 0.15) is 21.6 Å². The number of nitrogens with zero attached hydrogens (tertiary/aromatic N) is 3. The Hall–Kier alpha value is -3.02. The molecule has 0 bridgehead atoms. The highest BCUT2D eigenvalue weighted by Gasteiger charge is 2.16. The SMILES string of the molecule is Cc1ccc(-c2nc3ccc([N+](=O)[O-])cn3c2C=O)cc1C. The van der Waals surface area contributed by atoms with Crippen LogP contribution in [-0.4, -0.2) is 20.6 Å². The molecule has 0 aliphatic rings. The number of fused-ring (bicyclic) bond motifs is 1. The van der Waals surface area contributed by atoms with E-state index in [9.17, 15) is 14.9 Å². The number of pyridine rings is 1. The lowest BCUT2D eigenvalue weighted by Crippen LogP contribution is -1.96. The molecular weight excluding hydrogens is 282 g/mol. The van der Waals surface area contributed by atoms with Gasteiger partial charge in [-0.3, -0.25) is 19.3 Å². The molecule has 0 aliphatic heterocycles. The summed E-state index contributed by atoms with van der Waals surface area (Å²) in [4.78, 5) is 26.3. The predicted molar refractivity (Wildman–Crippen MR) is 82.1 cm³/mol. The summed E-state index contributed by atoms with van der Waals surface area (Å²) in [6, 6.07) is 8.73. The van der Waals surface area contributed by atoms with Crippen molar-refractivity contribution in [2.24, 2.45) is 0 Å². The standard InChI is InChI=1S/C16H13N3O3/c1-10-3-4-12(7-11(10)2)16-14(9-20)18-8-13(19(21)22)5-6-15(18)17-16/h3-9H,1-2H3. The van der Waals surface area contributed by atoms with Crippen molar-refractivity contribution in [3.63, 3.8) is 0 Å². The summed E-state index contributed by atoms with van der Waals surface area (Å²) in [5, 5.41) is 10.9. The number of carbonyl (C=O) groups is 1. The van der Waals surface area contributed by atoms with Gasteiger partial charge in [0.15, 0.2) is 6.29 Å². The molecule has 0 unspecified atom stereocenters. The van der Waals surface area contributed by atoms with Crippen LogP contribution in [-0.2, 0) is 0 Å². The van der Waals surface area contributed by atoms with Gasteiger partial charge < -0.3 is 0 Å². The molecule has 2 heterocycles. The summed E-state index contributed by atoms with van der Waals surface area (Å²) in [5.74, 6) is 0. The van der Waals surface area contributed by atoms with Crippen LogP contribution < -0.4 is 0 Å². The zero-order chi connectivity index (χ0) is 15.9. The summed E-state index contributed by atoms with van der Waals surface area (Å²) in [7, 11) is 0. The predicted octanol–water partition coefficient (Wildman–Crippen LogP) is 3.34. The third kappa shape index (κ3) is 2.14. The highest BCUT2D eigenvalue weighted by molar-refractivity contribution is 5.86. The number of hydrogen-bond donors (Lipinski definition) is 0. The van der Waals surface area contributed by atoms with Gasteiger partial charge in [0.2, 0.25) is 0 Å². The Morgan fingerprint density at radius 2 is 1.95 bits per heavy atom. The Morgan fingerprint density at radius 1 is 1.18 bits per heavy atom. The third-order valence-corrected chi connectivity index (χ3v) is 3.74. The third-order valence-electron chi connectivity index (χ3n) is 3.74. The van der Waals surface area contributed by atoms with Crippen LogP contribution in [0.4, 0.5) is 5.69 Å². The zero-order valence-electron chi connectivity index (χ0n) is 12.1. The van der Waals surface area contributed by atoms with Gasteiger partial charge >= 0.3 is 0 Å². The first-order valence-corrected chi connectivity index (χ1v) is 6.70. The fraction of sp³-hybridized carbons (Fsp3) is 0.125. The number of aromatic nitrogens is 2. The molecule has 0 saturated carbocycles. The minimum atomic E-state index is -0.496. The Morgan fingerprint density at radius 3 is 2.59 bits per heavy atom. The van der Waals surface area contributed by atoms with Crippen LogP contribution >= 0.6 is 0 Å². The van der Waals surface area contributed by atoms with E-state index in [1.165, 1.54) is 22.7 Å². The lowest BCUT2D eigenvalue weighted by atomic mass is 10.0. The monoisotopic (exact) mass is 295 g/mol. The Balaban J connectivity index is 2.27. The molecule has 0 atom stereocenters. The number of aldehydes is 1. The minimum absolute atomic E-state index is 0.0837. The topological polar surface area (TPSA) is 77.5 Å². The molecule has 22 heavy (non-hydrogen) atoms. The minimum Gasteiger partial charge on any atom is -0.296 e. The van der Waals surface area contributed by atoms with Crippen molar-refractivity contribution < 1.29 is 9.72 Å². The van der Waals surface area contributed by atoms with Gasteiger partial charge in [-0.05, 0) is 37.1 Å². The van der Waals surface area contributed by atoms with E-state index < -0.39 is 4.92 Å². The fourth-order valence-corrected chi connectivity index (χ4v) is 2.37. The van der Waals surface area contributed by atoms with Gasteiger partial charge in [-0.1, -0.05) is 12.1 Å². The zero-order valence-corrected chi connectivity index (χ0v) is 12.1. The average Bonchev–Trinajstić information content (AvgIpc) is 2.87. The van der Waals surface area contributed by atoms with Crippen molar-refractivity contribution in [1.82, 2.24) is 9.38 Å². The molecule has 3 rings (SSSR count). The van der Waals surface area contributed by atoms with Crippen molar-refractivity contribution in [2.45, 2.75) is 13.8 Å². The normalized spacial score (nSPS) is 10.8. The molecule has 0 aliphatic carbocycles. The fourth-order valence-electron chi connectivity index (χ4n) is 2.37. The second kappa shape index (κ2) is 5.07. The number of imidazole rings is 1. The lowest BCUT2D eigenvalue weighted by Gasteiger charge is -2.03. The van der Waals surface area contributed by atoms with Crippen LogP contribution in [0.25, 0.3) is 16.9 Å². The molecule has 0 fully saturated rings. The van der Waals surface area contributed by atoms with Crippen molar-refractivity contribution >= 4 is 17.6 Å². The Labute approximate surface area is 126 Å². The lowest BCUT2D eigenvalue weighted by molar-refractivity contribution is -0.385. The van der Waals surface area contributed by atoms with Crippen LogP contribution in [0.5, 0.6) is 0 Å². The molecular formula is C16H13N3O3. The molecule has 6 nitrogen and oxygen atoms in total. The van der Waals surface area contributed by atoms with E-state index in [0.717, 1.165) is 16.7 Å². The van der Waals surface area contributed by atoms with Gasteiger partial charge in [0.25, 0.3) is 5.69 Å². The number of rotatable bonds is 3. The summed E-state index contributed by atoms with van der Waals surface area (Å²) in [6.07, 6.45) is 1.99. The van der Waals surface area contributed by atoms with E-state index in [1.54, 1.807) is 0 Å². The van der Waals surface area contributed by atoms with Gasteiger partial charge in [-0.15, -0.1) is 0 Å². The average molecular weight is 295 g/mol. The van der Waals surface area contributed by atoms with E-state index in [1.807, 2.05) is 32.0 Å².